The van der Waals surface area contributed by atoms with Crippen LogP contribution in [0.4, 0.5) is 5.69 Å². The van der Waals surface area contributed by atoms with Crippen molar-refractivity contribution in [2.45, 2.75) is 0 Å². The number of non-ortho nitro benzene ring substituents is 1. The van der Waals surface area contributed by atoms with Gasteiger partial charge in [-0.2, -0.15) is 5.26 Å². The van der Waals surface area contributed by atoms with Crippen molar-refractivity contribution in [3.8, 4) is 6.07 Å². The lowest BCUT2D eigenvalue weighted by molar-refractivity contribution is -0.384. The molecule has 70 valence electrons. The first-order valence-corrected chi connectivity index (χ1v) is 3.75. The maximum absolute atomic E-state index is 10.3. The van der Waals surface area contributed by atoms with Crippen molar-refractivity contribution in [3.05, 3.63) is 46.0 Å². The third-order valence-electron chi connectivity index (χ3n) is 1.63. The van der Waals surface area contributed by atoms with Crippen LogP contribution in [0.3, 0.4) is 0 Å². The van der Waals surface area contributed by atoms with Crippen molar-refractivity contribution in [1.29, 1.82) is 5.26 Å². The van der Waals surface area contributed by atoms with E-state index in [1.54, 1.807) is 6.07 Å². The molecule has 14 heavy (non-hydrogen) atoms. The minimum atomic E-state index is -0.492. The number of hydrogen-bond donors (Lipinski definition) is 1. The highest BCUT2D eigenvalue weighted by Gasteiger charge is 2.04. The molecule has 1 rings (SSSR count). The van der Waals surface area contributed by atoms with Crippen LogP contribution in [0.15, 0.2) is 30.3 Å². The van der Waals surface area contributed by atoms with Crippen LogP contribution in [0.1, 0.15) is 5.56 Å². The van der Waals surface area contributed by atoms with Crippen LogP contribution in [0.2, 0.25) is 0 Å². The molecule has 0 aliphatic rings. The summed E-state index contributed by atoms with van der Waals surface area (Å²) in [7, 11) is 0. The van der Waals surface area contributed by atoms with Crippen LogP contribution >= 0.6 is 0 Å². The standard InChI is InChI=1S/C9H7N3O2/c10-6-5-9(11)7-1-3-8(4-2-7)12(13)14/h1-5H,11H2/b9-5+. The third kappa shape index (κ3) is 2.08. The van der Waals surface area contributed by atoms with E-state index in [4.69, 9.17) is 11.0 Å². The van der Waals surface area contributed by atoms with Gasteiger partial charge in [0.15, 0.2) is 0 Å². The van der Waals surface area contributed by atoms with Crippen LogP contribution in [0.25, 0.3) is 5.70 Å². The summed E-state index contributed by atoms with van der Waals surface area (Å²) >= 11 is 0. The third-order valence-corrected chi connectivity index (χ3v) is 1.63. The van der Waals surface area contributed by atoms with E-state index < -0.39 is 4.92 Å². The molecule has 0 spiro atoms. The summed E-state index contributed by atoms with van der Waals surface area (Å²) in [6, 6.07) is 7.47. The Kier molecular flexibility index (Phi) is 2.82. The average Bonchev–Trinajstić information content (AvgIpc) is 2.18. The highest BCUT2D eigenvalue weighted by molar-refractivity contribution is 5.65. The first-order chi connectivity index (χ1) is 6.65. The molecule has 0 aliphatic heterocycles. The van der Waals surface area contributed by atoms with Crippen molar-refractivity contribution in [2.75, 3.05) is 0 Å². The number of nitriles is 1. The van der Waals surface area contributed by atoms with Gasteiger partial charge in [0, 0.05) is 23.9 Å². The summed E-state index contributed by atoms with van der Waals surface area (Å²) in [6.45, 7) is 0. The predicted octanol–water partition coefficient (Wildman–Crippen LogP) is 1.42. The maximum Gasteiger partial charge on any atom is 0.269 e. The Bertz CT molecular complexity index is 415. The Morgan fingerprint density at radius 3 is 2.50 bits per heavy atom. The fourth-order valence-corrected chi connectivity index (χ4v) is 0.928. The molecule has 5 heteroatoms. The zero-order chi connectivity index (χ0) is 10.6. The Labute approximate surface area is 80.2 Å². The minimum Gasteiger partial charge on any atom is -0.398 e. The van der Waals surface area contributed by atoms with Crippen molar-refractivity contribution in [3.63, 3.8) is 0 Å². The molecular formula is C9H7N3O2. The van der Waals surface area contributed by atoms with Gasteiger partial charge in [0.2, 0.25) is 0 Å². The van der Waals surface area contributed by atoms with Gasteiger partial charge in [-0.1, -0.05) is 0 Å². The van der Waals surface area contributed by atoms with Crippen LogP contribution in [0, 0.1) is 21.4 Å². The second-order valence-electron chi connectivity index (χ2n) is 2.53. The highest BCUT2D eigenvalue weighted by atomic mass is 16.6. The Morgan fingerprint density at radius 2 is 2.07 bits per heavy atom. The number of hydrogen-bond acceptors (Lipinski definition) is 4. The molecule has 0 saturated carbocycles. The molecule has 1 aromatic rings. The number of benzene rings is 1. The predicted molar refractivity (Wildman–Crippen MR) is 50.9 cm³/mol. The molecule has 0 unspecified atom stereocenters. The summed E-state index contributed by atoms with van der Waals surface area (Å²) in [5.74, 6) is 0. The van der Waals surface area contributed by atoms with E-state index in [1.165, 1.54) is 30.3 Å². The summed E-state index contributed by atoms with van der Waals surface area (Å²) in [4.78, 5) is 9.82. The van der Waals surface area contributed by atoms with E-state index in [1.807, 2.05) is 0 Å². The molecule has 0 aliphatic carbocycles. The molecule has 0 saturated heterocycles. The molecule has 0 amide bonds. The molecule has 0 atom stereocenters. The number of nitrogens with zero attached hydrogens (tertiary/aromatic N) is 2. The molecule has 0 radical (unpaired) electrons. The van der Waals surface area contributed by atoms with E-state index >= 15 is 0 Å². The fraction of sp³-hybridized carbons (Fsp3) is 0. The molecule has 0 aromatic heterocycles. The summed E-state index contributed by atoms with van der Waals surface area (Å²) < 4.78 is 0. The van der Waals surface area contributed by atoms with E-state index in [0.29, 0.717) is 11.3 Å². The van der Waals surface area contributed by atoms with Crippen LogP contribution in [0.5, 0.6) is 0 Å². The second-order valence-corrected chi connectivity index (χ2v) is 2.53. The first kappa shape index (κ1) is 9.74. The molecule has 2 N–H and O–H groups in total. The maximum atomic E-state index is 10.3. The van der Waals surface area contributed by atoms with E-state index in [9.17, 15) is 10.1 Å². The van der Waals surface area contributed by atoms with Crippen molar-refractivity contribution in [2.24, 2.45) is 5.73 Å². The molecular weight excluding hydrogens is 182 g/mol. The number of nitrogens with two attached hydrogens (primary N) is 1. The SMILES string of the molecule is N#C/C=C(/N)c1ccc([N+](=O)[O-])cc1. The summed E-state index contributed by atoms with van der Waals surface area (Å²) in [6.07, 6.45) is 1.18. The van der Waals surface area contributed by atoms with Gasteiger partial charge in [0.25, 0.3) is 5.69 Å². The second kappa shape index (κ2) is 4.05. The van der Waals surface area contributed by atoms with Gasteiger partial charge in [0.05, 0.1) is 11.0 Å². The Hall–Kier alpha value is -2.35. The van der Waals surface area contributed by atoms with Gasteiger partial charge in [-0.05, 0) is 17.7 Å². The fourth-order valence-electron chi connectivity index (χ4n) is 0.928. The average molecular weight is 189 g/mol. The van der Waals surface area contributed by atoms with Crippen molar-refractivity contribution < 1.29 is 4.92 Å². The molecule has 0 fully saturated rings. The van der Waals surface area contributed by atoms with Gasteiger partial charge in [-0.15, -0.1) is 0 Å². The van der Waals surface area contributed by atoms with E-state index in [2.05, 4.69) is 0 Å². The number of nitro groups is 1. The van der Waals surface area contributed by atoms with Crippen LogP contribution < -0.4 is 5.73 Å². The summed E-state index contributed by atoms with van der Waals surface area (Å²) in [5.41, 5.74) is 6.39. The molecule has 5 nitrogen and oxygen atoms in total. The lowest BCUT2D eigenvalue weighted by Gasteiger charge is -1.98. The first-order valence-electron chi connectivity index (χ1n) is 3.75. The van der Waals surface area contributed by atoms with E-state index in [-0.39, 0.29) is 5.69 Å². The van der Waals surface area contributed by atoms with Gasteiger partial charge >= 0.3 is 0 Å². The lowest BCUT2D eigenvalue weighted by Crippen LogP contribution is -1.96. The van der Waals surface area contributed by atoms with Gasteiger partial charge < -0.3 is 5.73 Å². The Balaban J connectivity index is 3.01. The molecule has 1 aromatic carbocycles. The quantitative estimate of drug-likeness (QED) is 0.432. The largest absolute Gasteiger partial charge is 0.398 e. The van der Waals surface area contributed by atoms with E-state index in [0.717, 1.165) is 0 Å². The van der Waals surface area contributed by atoms with Crippen molar-refractivity contribution >= 4 is 11.4 Å². The van der Waals surface area contributed by atoms with Gasteiger partial charge in [-0.3, -0.25) is 10.1 Å². The topological polar surface area (TPSA) is 93.0 Å². The highest BCUT2D eigenvalue weighted by Crippen LogP contribution is 2.15. The lowest BCUT2D eigenvalue weighted by atomic mass is 10.1. The van der Waals surface area contributed by atoms with Gasteiger partial charge in [-0.25, -0.2) is 0 Å². The zero-order valence-electron chi connectivity index (χ0n) is 7.18. The monoisotopic (exact) mass is 189 g/mol. The Morgan fingerprint density at radius 1 is 1.50 bits per heavy atom. The van der Waals surface area contributed by atoms with Gasteiger partial charge in [0.1, 0.15) is 0 Å². The number of nitro benzene ring substituents is 1. The number of rotatable bonds is 2. The normalized spacial score (nSPS) is 10.6. The molecule has 0 bridgehead atoms. The van der Waals surface area contributed by atoms with Crippen molar-refractivity contribution in [1.82, 2.24) is 0 Å². The minimum absolute atomic E-state index is 0.00138. The zero-order valence-corrected chi connectivity index (χ0v) is 7.18. The molecule has 0 heterocycles. The smallest absolute Gasteiger partial charge is 0.269 e. The van der Waals surface area contributed by atoms with Crippen LogP contribution in [-0.2, 0) is 0 Å². The van der Waals surface area contributed by atoms with Crippen LogP contribution in [-0.4, -0.2) is 4.92 Å². The number of allylic oxidation sites excluding steroid dienone is 1. The summed E-state index contributed by atoms with van der Waals surface area (Å²) in [5, 5.41) is 18.6.